The number of carbonyl (C=O) groups excluding carboxylic acids is 1. The smallest absolute Gasteiger partial charge is 0.340 e. The van der Waals surface area contributed by atoms with Gasteiger partial charge in [-0.15, -0.1) is 0 Å². The minimum absolute atomic E-state index is 0.0512. The van der Waals surface area contributed by atoms with Gasteiger partial charge in [0.1, 0.15) is 0 Å². The number of nitrogen functional groups attached to an aromatic ring is 1. The maximum atomic E-state index is 11.4. The third kappa shape index (κ3) is 2.69. The molecular weight excluding hydrogens is 212 g/mol. The van der Waals surface area contributed by atoms with Gasteiger partial charge in [-0.3, -0.25) is 10.1 Å². The molecule has 0 aromatic heterocycles. The first kappa shape index (κ1) is 12.0. The molecule has 1 rings (SSSR count). The summed E-state index contributed by atoms with van der Waals surface area (Å²) in [6, 6.07) is 3.66. The van der Waals surface area contributed by atoms with Gasteiger partial charge in [0.05, 0.1) is 22.8 Å². The molecule has 1 aromatic carbocycles. The first-order chi connectivity index (χ1) is 7.56. The van der Waals surface area contributed by atoms with E-state index in [-0.39, 0.29) is 16.9 Å². The summed E-state index contributed by atoms with van der Waals surface area (Å²) < 4.78 is 4.87. The van der Waals surface area contributed by atoms with Crippen LogP contribution in [0.5, 0.6) is 0 Å². The number of nitrogens with two attached hydrogens (primary N) is 1. The quantitative estimate of drug-likeness (QED) is 0.363. The summed E-state index contributed by atoms with van der Waals surface area (Å²) in [5.41, 5.74) is 5.58. The summed E-state index contributed by atoms with van der Waals surface area (Å²) in [6.45, 7) is 2.17. The summed E-state index contributed by atoms with van der Waals surface area (Å²) in [5.74, 6) is -0.561. The van der Waals surface area contributed by atoms with Crippen molar-refractivity contribution in [1.29, 1.82) is 0 Å². The van der Waals surface area contributed by atoms with E-state index in [1.54, 1.807) is 0 Å². The molecule has 6 heteroatoms. The van der Waals surface area contributed by atoms with E-state index < -0.39 is 10.9 Å². The fourth-order valence-electron chi connectivity index (χ4n) is 1.12. The van der Waals surface area contributed by atoms with Crippen molar-refractivity contribution in [2.75, 3.05) is 12.3 Å². The van der Waals surface area contributed by atoms with Crippen molar-refractivity contribution >= 4 is 17.3 Å². The Labute approximate surface area is 92.2 Å². The van der Waals surface area contributed by atoms with Gasteiger partial charge in [-0.05, 0) is 12.5 Å². The third-order valence-electron chi connectivity index (χ3n) is 1.90. The van der Waals surface area contributed by atoms with Crippen LogP contribution >= 0.6 is 0 Å². The van der Waals surface area contributed by atoms with E-state index >= 15 is 0 Å². The van der Waals surface area contributed by atoms with Gasteiger partial charge in [0.2, 0.25) is 0 Å². The molecule has 0 fully saturated rings. The summed E-state index contributed by atoms with van der Waals surface area (Å²) in [4.78, 5) is 21.3. The van der Waals surface area contributed by atoms with Crippen molar-refractivity contribution in [2.45, 2.75) is 13.3 Å². The standard InChI is InChI=1S/C10H12N2O4/c1-2-5-16-10(13)8-4-3-7(12(14)15)6-9(8)11/h3-4,6H,2,5,11H2,1H3. The highest BCUT2D eigenvalue weighted by Gasteiger charge is 2.14. The zero-order valence-corrected chi connectivity index (χ0v) is 8.80. The van der Waals surface area contributed by atoms with Gasteiger partial charge in [-0.2, -0.15) is 0 Å². The van der Waals surface area contributed by atoms with E-state index in [0.717, 1.165) is 6.07 Å². The van der Waals surface area contributed by atoms with Crippen molar-refractivity contribution in [3.63, 3.8) is 0 Å². The van der Waals surface area contributed by atoms with E-state index in [4.69, 9.17) is 10.5 Å². The fourth-order valence-corrected chi connectivity index (χ4v) is 1.12. The Hall–Kier alpha value is -2.11. The maximum absolute atomic E-state index is 11.4. The normalized spacial score (nSPS) is 9.81. The lowest BCUT2D eigenvalue weighted by molar-refractivity contribution is -0.384. The Kier molecular flexibility index (Phi) is 3.82. The average Bonchev–Trinajstić information content (AvgIpc) is 2.25. The predicted octanol–water partition coefficient (Wildman–Crippen LogP) is 1.74. The SMILES string of the molecule is CCCOC(=O)c1ccc([N+](=O)[O-])cc1N. The highest BCUT2D eigenvalue weighted by atomic mass is 16.6. The number of benzene rings is 1. The zero-order chi connectivity index (χ0) is 12.1. The van der Waals surface area contributed by atoms with Crippen molar-refractivity contribution in [1.82, 2.24) is 0 Å². The lowest BCUT2D eigenvalue weighted by Gasteiger charge is -2.05. The van der Waals surface area contributed by atoms with Crippen molar-refractivity contribution < 1.29 is 14.5 Å². The van der Waals surface area contributed by atoms with Gasteiger partial charge in [0.15, 0.2) is 0 Å². The number of esters is 1. The van der Waals surface area contributed by atoms with E-state index in [1.165, 1.54) is 12.1 Å². The Balaban J connectivity index is 2.90. The zero-order valence-electron chi connectivity index (χ0n) is 8.80. The number of hydrogen-bond acceptors (Lipinski definition) is 5. The number of rotatable bonds is 4. The van der Waals surface area contributed by atoms with Crippen LogP contribution in [0.1, 0.15) is 23.7 Å². The van der Waals surface area contributed by atoms with Gasteiger partial charge >= 0.3 is 5.97 Å². The molecule has 0 unspecified atom stereocenters. The van der Waals surface area contributed by atoms with Crippen LogP contribution in [0.3, 0.4) is 0 Å². The van der Waals surface area contributed by atoms with E-state index in [9.17, 15) is 14.9 Å². The molecule has 86 valence electrons. The molecule has 0 aliphatic rings. The molecule has 6 nitrogen and oxygen atoms in total. The molecule has 0 aliphatic heterocycles. The van der Waals surface area contributed by atoms with Crippen LogP contribution in [-0.2, 0) is 4.74 Å². The van der Waals surface area contributed by atoms with Gasteiger partial charge in [-0.1, -0.05) is 6.92 Å². The Morgan fingerprint density at radius 1 is 1.56 bits per heavy atom. The number of nitro benzene ring substituents is 1. The number of non-ortho nitro benzene ring substituents is 1. The first-order valence-electron chi connectivity index (χ1n) is 4.77. The fraction of sp³-hybridized carbons (Fsp3) is 0.300. The first-order valence-corrected chi connectivity index (χ1v) is 4.77. The van der Waals surface area contributed by atoms with Gasteiger partial charge < -0.3 is 10.5 Å². The maximum Gasteiger partial charge on any atom is 0.340 e. The Morgan fingerprint density at radius 3 is 2.75 bits per heavy atom. The lowest BCUT2D eigenvalue weighted by atomic mass is 10.1. The summed E-state index contributed by atoms with van der Waals surface area (Å²) >= 11 is 0. The summed E-state index contributed by atoms with van der Waals surface area (Å²) in [7, 11) is 0. The summed E-state index contributed by atoms with van der Waals surface area (Å²) in [6.07, 6.45) is 0.707. The largest absolute Gasteiger partial charge is 0.462 e. The van der Waals surface area contributed by atoms with E-state index in [2.05, 4.69) is 0 Å². The van der Waals surface area contributed by atoms with Crippen LogP contribution < -0.4 is 5.73 Å². The number of anilines is 1. The number of nitrogens with zero attached hydrogens (tertiary/aromatic N) is 1. The number of hydrogen-bond donors (Lipinski definition) is 1. The van der Waals surface area contributed by atoms with Crippen LogP contribution in [0, 0.1) is 10.1 Å². The van der Waals surface area contributed by atoms with Crippen molar-refractivity contribution in [3.8, 4) is 0 Å². The Morgan fingerprint density at radius 2 is 2.25 bits per heavy atom. The van der Waals surface area contributed by atoms with Gasteiger partial charge in [-0.25, -0.2) is 4.79 Å². The molecular formula is C10H12N2O4. The van der Waals surface area contributed by atoms with Crippen LogP contribution in [0.15, 0.2) is 18.2 Å². The average molecular weight is 224 g/mol. The second-order valence-corrected chi connectivity index (χ2v) is 3.16. The monoisotopic (exact) mass is 224 g/mol. The molecule has 0 spiro atoms. The van der Waals surface area contributed by atoms with Gasteiger partial charge in [0.25, 0.3) is 5.69 Å². The topological polar surface area (TPSA) is 95.5 Å². The molecule has 0 saturated carbocycles. The molecule has 0 atom stereocenters. The third-order valence-corrected chi connectivity index (χ3v) is 1.90. The minimum Gasteiger partial charge on any atom is -0.462 e. The predicted molar refractivity (Wildman–Crippen MR) is 58.1 cm³/mol. The van der Waals surface area contributed by atoms with Crippen LogP contribution in [0.25, 0.3) is 0 Å². The van der Waals surface area contributed by atoms with Crippen LogP contribution in [0.2, 0.25) is 0 Å². The number of nitro groups is 1. The Bertz CT molecular complexity index is 417. The highest BCUT2D eigenvalue weighted by molar-refractivity contribution is 5.95. The van der Waals surface area contributed by atoms with Crippen LogP contribution in [-0.4, -0.2) is 17.5 Å². The molecule has 2 N–H and O–H groups in total. The molecule has 0 amide bonds. The molecule has 0 aliphatic carbocycles. The van der Waals surface area contributed by atoms with E-state index in [1.807, 2.05) is 6.92 Å². The lowest BCUT2D eigenvalue weighted by Crippen LogP contribution is -2.09. The minimum atomic E-state index is -0.572. The number of ether oxygens (including phenoxy) is 1. The molecule has 0 radical (unpaired) electrons. The molecule has 0 bridgehead atoms. The molecule has 0 heterocycles. The molecule has 1 aromatic rings. The number of carbonyl (C=O) groups is 1. The summed E-state index contributed by atoms with van der Waals surface area (Å²) in [5, 5.41) is 10.4. The second-order valence-electron chi connectivity index (χ2n) is 3.16. The van der Waals surface area contributed by atoms with Crippen molar-refractivity contribution in [3.05, 3.63) is 33.9 Å². The molecule has 0 saturated heterocycles. The highest BCUT2D eigenvalue weighted by Crippen LogP contribution is 2.20. The molecule has 16 heavy (non-hydrogen) atoms. The van der Waals surface area contributed by atoms with Gasteiger partial charge in [0, 0.05) is 12.1 Å². The van der Waals surface area contributed by atoms with Crippen LogP contribution in [0.4, 0.5) is 11.4 Å². The van der Waals surface area contributed by atoms with E-state index in [0.29, 0.717) is 13.0 Å². The van der Waals surface area contributed by atoms with Crippen molar-refractivity contribution in [2.24, 2.45) is 0 Å². The second kappa shape index (κ2) is 5.11.